The summed E-state index contributed by atoms with van der Waals surface area (Å²) in [5.74, 6) is 0.870. The molecule has 15 heavy (non-hydrogen) atoms. The Morgan fingerprint density at radius 3 is 2.87 bits per heavy atom. The number of thiophene rings is 1. The topological polar surface area (TPSA) is 35.2 Å². The van der Waals surface area contributed by atoms with E-state index in [1.807, 2.05) is 36.6 Å². The maximum absolute atomic E-state index is 5.73. The summed E-state index contributed by atoms with van der Waals surface area (Å²) < 4.78 is 5.64. The number of aryl methyl sites for hydroxylation is 1. The van der Waals surface area contributed by atoms with Gasteiger partial charge in [-0.3, -0.25) is 0 Å². The van der Waals surface area contributed by atoms with Crippen LogP contribution >= 0.6 is 11.3 Å². The Balaban J connectivity index is 2.02. The van der Waals surface area contributed by atoms with Gasteiger partial charge in [0, 0.05) is 10.6 Å². The molecule has 0 unspecified atom stereocenters. The third-order valence-corrected chi connectivity index (χ3v) is 3.05. The first-order valence-corrected chi connectivity index (χ1v) is 5.65. The van der Waals surface area contributed by atoms with Crippen LogP contribution in [0.15, 0.2) is 35.7 Å². The van der Waals surface area contributed by atoms with Crippen molar-refractivity contribution < 1.29 is 4.74 Å². The van der Waals surface area contributed by atoms with Crippen LogP contribution in [0.1, 0.15) is 10.4 Å². The molecule has 0 atom stereocenters. The van der Waals surface area contributed by atoms with Gasteiger partial charge in [0.1, 0.15) is 12.4 Å². The van der Waals surface area contributed by atoms with Gasteiger partial charge in [0.05, 0.1) is 0 Å². The van der Waals surface area contributed by atoms with Gasteiger partial charge >= 0.3 is 0 Å². The van der Waals surface area contributed by atoms with E-state index < -0.39 is 0 Å². The molecule has 0 saturated carbocycles. The molecule has 1 heterocycles. The highest BCUT2D eigenvalue weighted by atomic mass is 32.1. The van der Waals surface area contributed by atoms with Crippen molar-refractivity contribution >= 4 is 17.0 Å². The fourth-order valence-electron chi connectivity index (χ4n) is 1.29. The molecule has 0 saturated heterocycles. The number of ether oxygens (including phenoxy) is 1. The van der Waals surface area contributed by atoms with Crippen LogP contribution in [0, 0.1) is 6.92 Å². The Bertz CT molecular complexity index is 437. The van der Waals surface area contributed by atoms with Gasteiger partial charge in [-0.25, -0.2) is 0 Å². The van der Waals surface area contributed by atoms with Crippen LogP contribution in [0.5, 0.6) is 5.75 Å². The van der Waals surface area contributed by atoms with E-state index in [-0.39, 0.29) is 0 Å². The van der Waals surface area contributed by atoms with E-state index >= 15 is 0 Å². The number of hydrogen-bond acceptors (Lipinski definition) is 3. The normalized spacial score (nSPS) is 10.2. The molecule has 0 amide bonds. The summed E-state index contributed by atoms with van der Waals surface area (Å²) in [7, 11) is 0. The van der Waals surface area contributed by atoms with Crippen molar-refractivity contribution in [2.45, 2.75) is 13.5 Å². The molecule has 1 aromatic carbocycles. The second kappa shape index (κ2) is 4.36. The average Bonchev–Trinajstić information content (AvgIpc) is 2.73. The maximum Gasteiger partial charge on any atom is 0.122 e. The summed E-state index contributed by atoms with van der Waals surface area (Å²) in [5.41, 5.74) is 7.58. The highest BCUT2D eigenvalue weighted by Gasteiger charge is 1.99. The van der Waals surface area contributed by atoms with Crippen molar-refractivity contribution in [1.29, 1.82) is 0 Å². The third-order valence-electron chi connectivity index (χ3n) is 2.20. The molecule has 1 aromatic heterocycles. The van der Waals surface area contributed by atoms with Crippen LogP contribution in [0.3, 0.4) is 0 Å². The number of benzene rings is 1. The van der Waals surface area contributed by atoms with E-state index in [1.54, 1.807) is 11.3 Å². The van der Waals surface area contributed by atoms with Crippen LogP contribution in [0.2, 0.25) is 0 Å². The SMILES string of the molecule is Cc1cc(OCc2cccs2)ccc1N. The molecule has 0 aliphatic rings. The zero-order valence-corrected chi connectivity index (χ0v) is 9.38. The molecule has 2 N–H and O–H groups in total. The molecular formula is C12H13NOS. The lowest BCUT2D eigenvalue weighted by Gasteiger charge is -2.06. The summed E-state index contributed by atoms with van der Waals surface area (Å²) >= 11 is 1.70. The highest BCUT2D eigenvalue weighted by Crippen LogP contribution is 2.20. The fraction of sp³-hybridized carbons (Fsp3) is 0.167. The molecular weight excluding hydrogens is 206 g/mol. The van der Waals surface area contributed by atoms with Gasteiger partial charge in [0.2, 0.25) is 0 Å². The minimum absolute atomic E-state index is 0.626. The molecule has 0 bridgehead atoms. The Morgan fingerprint density at radius 1 is 1.33 bits per heavy atom. The minimum atomic E-state index is 0.626. The smallest absolute Gasteiger partial charge is 0.122 e. The lowest BCUT2D eigenvalue weighted by atomic mass is 10.2. The van der Waals surface area contributed by atoms with Crippen LogP contribution in [0.25, 0.3) is 0 Å². The second-order valence-electron chi connectivity index (χ2n) is 3.39. The Labute approximate surface area is 93.3 Å². The largest absolute Gasteiger partial charge is 0.488 e. The molecule has 0 radical (unpaired) electrons. The van der Waals surface area contributed by atoms with E-state index in [2.05, 4.69) is 6.07 Å². The first-order valence-electron chi connectivity index (χ1n) is 4.77. The molecule has 0 fully saturated rings. The lowest BCUT2D eigenvalue weighted by molar-refractivity contribution is 0.309. The van der Waals surface area contributed by atoms with Crippen LogP contribution < -0.4 is 10.5 Å². The van der Waals surface area contributed by atoms with E-state index in [1.165, 1.54) is 4.88 Å². The van der Waals surface area contributed by atoms with Crippen molar-refractivity contribution in [3.05, 3.63) is 46.2 Å². The molecule has 2 rings (SSSR count). The molecule has 0 aliphatic heterocycles. The standard InChI is InChI=1S/C12H13NOS/c1-9-7-10(4-5-12(9)13)14-8-11-3-2-6-15-11/h2-7H,8,13H2,1H3. The maximum atomic E-state index is 5.73. The number of rotatable bonds is 3. The number of anilines is 1. The van der Waals surface area contributed by atoms with Gasteiger partial charge < -0.3 is 10.5 Å². The van der Waals surface area contributed by atoms with Crippen molar-refractivity contribution in [3.63, 3.8) is 0 Å². The Hall–Kier alpha value is -1.48. The van der Waals surface area contributed by atoms with Crippen molar-refractivity contribution in [2.24, 2.45) is 0 Å². The van der Waals surface area contributed by atoms with E-state index in [9.17, 15) is 0 Å². The van der Waals surface area contributed by atoms with Gasteiger partial charge in [-0.2, -0.15) is 0 Å². The highest BCUT2D eigenvalue weighted by molar-refractivity contribution is 7.09. The zero-order chi connectivity index (χ0) is 10.7. The van der Waals surface area contributed by atoms with Gasteiger partial charge in [0.25, 0.3) is 0 Å². The zero-order valence-electron chi connectivity index (χ0n) is 8.57. The first-order chi connectivity index (χ1) is 7.25. The number of nitrogen functional groups attached to an aromatic ring is 1. The number of hydrogen-bond donors (Lipinski definition) is 1. The monoisotopic (exact) mass is 219 g/mol. The predicted molar refractivity (Wildman–Crippen MR) is 64.2 cm³/mol. The van der Waals surface area contributed by atoms with Crippen LogP contribution in [0.4, 0.5) is 5.69 Å². The summed E-state index contributed by atoms with van der Waals surface area (Å²) in [5, 5.41) is 2.05. The molecule has 0 spiro atoms. The number of nitrogens with two attached hydrogens (primary N) is 1. The fourth-order valence-corrected chi connectivity index (χ4v) is 1.90. The van der Waals surface area contributed by atoms with Gasteiger partial charge in [-0.15, -0.1) is 11.3 Å². The summed E-state index contributed by atoms with van der Waals surface area (Å²) in [6, 6.07) is 9.82. The summed E-state index contributed by atoms with van der Waals surface area (Å²) in [6.45, 7) is 2.61. The summed E-state index contributed by atoms with van der Waals surface area (Å²) in [6.07, 6.45) is 0. The molecule has 0 aliphatic carbocycles. The Morgan fingerprint density at radius 2 is 2.20 bits per heavy atom. The first kappa shape index (κ1) is 10.1. The van der Waals surface area contributed by atoms with Crippen molar-refractivity contribution in [3.8, 4) is 5.75 Å². The lowest BCUT2D eigenvalue weighted by Crippen LogP contribution is -1.95. The molecule has 78 valence electrons. The van der Waals surface area contributed by atoms with E-state index in [0.717, 1.165) is 17.0 Å². The molecule has 2 nitrogen and oxygen atoms in total. The van der Waals surface area contributed by atoms with Crippen LogP contribution in [-0.2, 0) is 6.61 Å². The molecule has 2 aromatic rings. The quantitative estimate of drug-likeness (QED) is 0.804. The van der Waals surface area contributed by atoms with Crippen LogP contribution in [-0.4, -0.2) is 0 Å². The van der Waals surface area contributed by atoms with Gasteiger partial charge in [-0.1, -0.05) is 6.07 Å². The molecule has 3 heteroatoms. The van der Waals surface area contributed by atoms with Crippen molar-refractivity contribution in [1.82, 2.24) is 0 Å². The van der Waals surface area contributed by atoms with Crippen molar-refractivity contribution in [2.75, 3.05) is 5.73 Å². The average molecular weight is 219 g/mol. The third kappa shape index (κ3) is 2.50. The second-order valence-corrected chi connectivity index (χ2v) is 4.42. The minimum Gasteiger partial charge on any atom is -0.488 e. The van der Waals surface area contributed by atoms with E-state index in [0.29, 0.717) is 6.61 Å². The summed E-state index contributed by atoms with van der Waals surface area (Å²) in [4.78, 5) is 1.23. The predicted octanol–water partition coefficient (Wildman–Crippen LogP) is 3.22. The van der Waals surface area contributed by atoms with Gasteiger partial charge in [0.15, 0.2) is 0 Å². The van der Waals surface area contributed by atoms with Gasteiger partial charge in [-0.05, 0) is 42.1 Å². The van der Waals surface area contributed by atoms with E-state index in [4.69, 9.17) is 10.5 Å². The Kier molecular flexibility index (Phi) is 2.92.